The number of aliphatic hydroxyl groups excluding tert-OH is 3. The van der Waals surface area contributed by atoms with Crippen molar-refractivity contribution in [2.75, 3.05) is 21.2 Å². The van der Waals surface area contributed by atoms with Crippen molar-refractivity contribution in [3.8, 4) is 0 Å². The molecule has 0 aliphatic carbocycles. The third-order valence-corrected chi connectivity index (χ3v) is 11.8. The highest BCUT2D eigenvalue weighted by molar-refractivity contribution is 5.83. The molecule has 3 heterocycles. The first-order valence-corrected chi connectivity index (χ1v) is 18.4. The summed E-state index contributed by atoms with van der Waals surface area (Å²) in [5.74, 6) is -4.59. The number of ether oxygens (including phenoxy) is 6. The van der Waals surface area contributed by atoms with Gasteiger partial charge in [-0.1, -0.05) is 34.6 Å². The SMILES string of the molecule is CCC1OC(=O)[C@@H](C)C(O[C@@H]2C[C@](C)(OC)[C@H](O)[C@@H](C)O2)[C@@H](C)[C@H](O[C@H]2O[C@@H](C)C[C@@H](N(C)C)[C@@H]2O)[C@@](C)(O)C[C@H](C)C(=O)C(C)[C@H](O)[C@@H]1C. The Hall–Kier alpha value is -1.26. The van der Waals surface area contributed by atoms with Crippen LogP contribution < -0.4 is 0 Å². The monoisotopic (exact) mass is 717 g/mol. The van der Waals surface area contributed by atoms with Crippen LogP contribution in [-0.4, -0.2) is 137 Å². The molecular formula is C37H67NO12. The number of carbonyl (C=O) groups excluding carboxylic acids is 2. The van der Waals surface area contributed by atoms with Crippen LogP contribution in [0.1, 0.15) is 94.9 Å². The number of cyclic esters (lactones) is 1. The fourth-order valence-electron chi connectivity index (χ4n) is 8.36. The highest BCUT2D eigenvalue weighted by Crippen LogP contribution is 2.40. The fraction of sp³-hybridized carbons (Fsp3) is 0.946. The molecule has 0 bridgehead atoms. The summed E-state index contributed by atoms with van der Waals surface area (Å²) in [4.78, 5) is 29.7. The van der Waals surface area contributed by atoms with Gasteiger partial charge in [0, 0.05) is 43.2 Å². The Morgan fingerprint density at radius 1 is 0.880 bits per heavy atom. The van der Waals surface area contributed by atoms with Crippen molar-refractivity contribution < 1.29 is 58.4 Å². The van der Waals surface area contributed by atoms with E-state index in [-0.39, 0.29) is 30.8 Å². The van der Waals surface area contributed by atoms with Crippen molar-refractivity contribution in [2.24, 2.45) is 29.6 Å². The lowest BCUT2D eigenvalue weighted by molar-refractivity contribution is -0.317. The lowest BCUT2D eigenvalue weighted by atomic mass is 9.74. The lowest BCUT2D eigenvalue weighted by Crippen LogP contribution is -2.60. The molecule has 13 heteroatoms. The zero-order chi connectivity index (χ0) is 38.0. The van der Waals surface area contributed by atoms with Gasteiger partial charge >= 0.3 is 5.97 Å². The Balaban J connectivity index is 2.16. The van der Waals surface area contributed by atoms with Gasteiger partial charge in [-0.2, -0.15) is 0 Å². The molecule has 3 unspecified atom stereocenters. The fourth-order valence-corrected chi connectivity index (χ4v) is 8.36. The third kappa shape index (κ3) is 9.45. The summed E-state index contributed by atoms with van der Waals surface area (Å²) in [6.45, 7) is 17.4. The minimum atomic E-state index is -1.72. The molecule has 13 nitrogen and oxygen atoms in total. The number of rotatable bonds is 7. The number of nitrogens with zero attached hydrogens (tertiary/aromatic N) is 1. The molecular weight excluding hydrogens is 650 g/mol. The van der Waals surface area contributed by atoms with Crippen molar-refractivity contribution in [3.05, 3.63) is 0 Å². The number of hydrogen-bond donors (Lipinski definition) is 4. The normalized spacial score (nSPS) is 49.0. The summed E-state index contributed by atoms with van der Waals surface area (Å²) in [5.41, 5.74) is -2.73. The first kappa shape index (κ1) is 43.1. The summed E-state index contributed by atoms with van der Waals surface area (Å²) in [6.07, 6.45) is -7.91. The van der Waals surface area contributed by atoms with Crippen LogP contribution >= 0.6 is 0 Å². The predicted octanol–water partition coefficient (Wildman–Crippen LogP) is 2.67. The Bertz CT molecular complexity index is 1120. The highest BCUT2D eigenvalue weighted by Gasteiger charge is 2.52. The summed E-state index contributed by atoms with van der Waals surface area (Å²) in [5, 5.41) is 46.0. The molecule has 0 aromatic carbocycles. The average Bonchev–Trinajstić information content (AvgIpc) is 3.05. The number of likely N-dealkylation sites (N-methyl/N-ethyl adjacent to an activating group) is 1. The number of ketones is 1. The van der Waals surface area contributed by atoms with Crippen molar-refractivity contribution in [2.45, 2.75) is 174 Å². The number of aliphatic hydroxyl groups is 4. The van der Waals surface area contributed by atoms with Crippen LogP contribution in [-0.2, 0) is 38.0 Å². The zero-order valence-electron chi connectivity index (χ0n) is 32.6. The number of esters is 1. The van der Waals surface area contributed by atoms with Crippen molar-refractivity contribution in [1.82, 2.24) is 4.90 Å². The van der Waals surface area contributed by atoms with Gasteiger partial charge in [-0.05, 0) is 68.0 Å². The van der Waals surface area contributed by atoms with Crippen molar-refractivity contribution in [1.29, 1.82) is 0 Å². The maximum atomic E-state index is 14.0. The van der Waals surface area contributed by atoms with E-state index in [4.69, 9.17) is 28.4 Å². The molecule has 3 rings (SSSR count). The van der Waals surface area contributed by atoms with Gasteiger partial charge in [0.25, 0.3) is 0 Å². The second-order valence-electron chi connectivity index (χ2n) is 16.2. The predicted molar refractivity (Wildman–Crippen MR) is 185 cm³/mol. The molecule has 3 aliphatic rings. The summed E-state index contributed by atoms with van der Waals surface area (Å²) in [6, 6.07) is -0.297. The van der Waals surface area contributed by atoms with E-state index < -0.39 is 102 Å². The molecule has 0 radical (unpaired) electrons. The van der Waals surface area contributed by atoms with Gasteiger partial charge in [0.05, 0.1) is 47.6 Å². The average molecular weight is 718 g/mol. The van der Waals surface area contributed by atoms with Crippen LogP contribution in [0.3, 0.4) is 0 Å². The van der Waals surface area contributed by atoms with E-state index in [9.17, 15) is 30.0 Å². The van der Waals surface area contributed by atoms with Gasteiger partial charge < -0.3 is 53.7 Å². The number of carbonyl (C=O) groups is 2. The molecule has 4 N–H and O–H groups in total. The van der Waals surface area contributed by atoms with Gasteiger partial charge in [0.2, 0.25) is 0 Å². The summed E-state index contributed by atoms with van der Waals surface area (Å²) in [7, 11) is 5.23. The van der Waals surface area contributed by atoms with Crippen LogP contribution in [0.15, 0.2) is 0 Å². The first-order valence-electron chi connectivity index (χ1n) is 18.4. The van der Waals surface area contributed by atoms with E-state index >= 15 is 0 Å². The summed E-state index contributed by atoms with van der Waals surface area (Å²) >= 11 is 0. The third-order valence-electron chi connectivity index (χ3n) is 11.8. The number of methoxy groups -OCH3 is 1. The number of hydrogen-bond acceptors (Lipinski definition) is 13. The summed E-state index contributed by atoms with van der Waals surface area (Å²) < 4.78 is 37.3. The topological polar surface area (TPSA) is 174 Å². The Morgan fingerprint density at radius 2 is 1.50 bits per heavy atom. The van der Waals surface area contributed by atoms with Gasteiger partial charge in [-0.3, -0.25) is 9.59 Å². The minimum absolute atomic E-state index is 0.0462. The van der Waals surface area contributed by atoms with Crippen LogP contribution in [0.4, 0.5) is 0 Å². The van der Waals surface area contributed by atoms with E-state index in [1.807, 2.05) is 32.8 Å². The van der Waals surface area contributed by atoms with E-state index in [1.54, 1.807) is 55.4 Å². The molecule has 292 valence electrons. The van der Waals surface area contributed by atoms with E-state index in [0.717, 1.165) is 0 Å². The van der Waals surface area contributed by atoms with E-state index in [2.05, 4.69) is 0 Å². The highest BCUT2D eigenvalue weighted by atomic mass is 16.7. The molecule has 0 spiro atoms. The molecule has 0 saturated carbocycles. The Morgan fingerprint density at radius 3 is 2.06 bits per heavy atom. The molecule has 18 atom stereocenters. The molecule has 3 aliphatic heterocycles. The van der Waals surface area contributed by atoms with Crippen LogP contribution in [0.25, 0.3) is 0 Å². The first-order chi connectivity index (χ1) is 23.1. The maximum Gasteiger partial charge on any atom is 0.311 e. The van der Waals surface area contributed by atoms with Gasteiger partial charge in [0.15, 0.2) is 12.6 Å². The van der Waals surface area contributed by atoms with Gasteiger partial charge in [-0.25, -0.2) is 0 Å². The molecule has 0 amide bonds. The van der Waals surface area contributed by atoms with Gasteiger partial charge in [0.1, 0.15) is 24.1 Å². The molecule has 0 aromatic rings. The van der Waals surface area contributed by atoms with Crippen LogP contribution in [0.5, 0.6) is 0 Å². The second kappa shape index (κ2) is 17.3. The maximum absolute atomic E-state index is 14.0. The van der Waals surface area contributed by atoms with Crippen LogP contribution in [0.2, 0.25) is 0 Å². The zero-order valence-corrected chi connectivity index (χ0v) is 32.6. The standard InChI is InChI=1S/C37H67NO12/c1-14-26-20(4)29(40)21(5)28(39)18(2)16-36(9,44)33(50-35-30(41)25(38(11)12)15-19(3)46-35)22(6)31(23(7)34(43)48-26)49-27-17-37(10,45-13)32(42)24(8)47-27/h18-27,29-33,35,40-42,44H,14-17H2,1-13H3/t18-,19-,20+,21?,22+,23-,24+,25+,26?,27+,29+,30-,31?,32+,33-,35+,36-,37-/m0/s1. The molecule has 3 fully saturated rings. The van der Waals surface area contributed by atoms with Crippen LogP contribution in [0, 0.1) is 29.6 Å². The molecule has 50 heavy (non-hydrogen) atoms. The van der Waals surface area contributed by atoms with Crippen molar-refractivity contribution >= 4 is 11.8 Å². The Kier molecular flexibility index (Phi) is 14.9. The largest absolute Gasteiger partial charge is 0.462 e. The second-order valence-corrected chi connectivity index (χ2v) is 16.2. The van der Waals surface area contributed by atoms with E-state index in [1.165, 1.54) is 7.11 Å². The Labute approximate surface area is 299 Å². The smallest absolute Gasteiger partial charge is 0.311 e. The van der Waals surface area contributed by atoms with Crippen molar-refractivity contribution in [3.63, 3.8) is 0 Å². The quantitative estimate of drug-likeness (QED) is 0.284. The molecule has 3 saturated heterocycles. The van der Waals surface area contributed by atoms with E-state index in [0.29, 0.717) is 12.8 Å². The van der Waals surface area contributed by atoms with Gasteiger partial charge in [-0.15, -0.1) is 0 Å². The molecule has 0 aromatic heterocycles. The lowest BCUT2D eigenvalue weighted by Gasteiger charge is -2.49. The minimum Gasteiger partial charge on any atom is -0.462 e. The number of Topliss-reactive ketones (excluding diaryl/α,β-unsaturated/α-hetero) is 1.